The van der Waals surface area contributed by atoms with Crippen LogP contribution in [0, 0.1) is 0 Å². The minimum absolute atomic E-state index is 0.0570. The molecule has 2 aliphatic heterocycles. The molecule has 0 N–H and O–H groups in total. The van der Waals surface area contributed by atoms with Crippen molar-refractivity contribution in [3.63, 3.8) is 0 Å². The Morgan fingerprint density at radius 1 is 0.875 bits per heavy atom. The van der Waals surface area contributed by atoms with E-state index in [0.29, 0.717) is 17.7 Å². The Morgan fingerprint density at radius 2 is 1.53 bits per heavy atom. The van der Waals surface area contributed by atoms with Crippen molar-refractivity contribution >= 4 is 43.2 Å². The quantitative estimate of drug-likeness (QED) is 0.487. The normalized spacial score (nSPS) is 19.7. The van der Waals surface area contributed by atoms with Crippen molar-refractivity contribution in [3.05, 3.63) is 87.9 Å². The number of anilines is 2. The van der Waals surface area contributed by atoms with Crippen molar-refractivity contribution in [1.29, 1.82) is 0 Å². The van der Waals surface area contributed by atoms with Crippen LogP contribution >= 0.6 is 15.9 Å². The average Bonchev–Trinajstić information content (AvgIpc) is 3.28. The van der Waals surface area contributed by atoms with Gasteiger partial charge in [-0.1, -0.05) is 34.1 Å². The summed E-state index contributed by atoms with van der Waals surface area (Å²) in [5.41, 5.74) is 4.20. The lowest BCUT2D eigenvalue weighted by Gasteiger charge is -2.25. The molecule has 2 heterocycles. The van der Waals surface area contributed by atoms with Crippen LogP contribution < -0.4 is 9.21 Å². The van der Waals surface area contributed by atoms with E-state index in [4.69, 9.17) is 0 Å². The highest BCUT2D eigenvalue weighted by atomic mass is 79.9. The molecule has 2 atom stereocenters. The van der Waals surface area contributed by atoms with Crippen LogP contribution in [-0.2, 0) is 22.9 Å². The predicted octanol–water partition coefficient (Wildman–Crippen LogP) is 5.18. The second-order valence-corrected chi connectivity index (χ2v) is 11.2. The summed E-state index contributed by atoms with van der Waals surface area (Å²) in [6.07, 6.45) is 1.38. The molecule has 5 rings (SSSR count). The fourth-order valence-electron chi connectivity index (χ4n) is 4.86. The molecule has 0 saturated carbocycles. The van der Waals surface area contributed by atoms with Gasteiger partial charge in [0.1, 0.15) is 0 Å². The number of carbonyl (C=O) groups is 1. The first-order valence-electron chi connectivity index (χ1n) is 10.6. The highest BCUT2D eigenvalue weighted by Crippen LogP contribution is 2.39. The Labute approximate surface area is 196 Å². The first-order valence-corrected chi connectivity index (χ1v) is 12.8. The van der Waals surface area contributed by atoms with Crippen LogP contribution in [0.2, 0.25) is 0 Å². The van der Waals surface area contributed by atoms with E-state index >= 15 is 0 Å². The lowest BCUT2D eigenvalue weighted by atomic mass is 10.1. The van der Waals surface area contributed by atoms with Crippen molar-refractivity contribution < 1.29 is 13.2 Å². The third-order valence-corrected chi connectivity index (χ3v) is 8.69. The fraction of sp³-hybridized carbons (Fsp3) is 0.240. The number of hydrogen-bond acceptors (Lipinski definition) is 3. The van der Waals surface area contributed by atoms with Gasteiger partial charge in [-0.15, -0.1) is 0 Å². The molecule has 2 unspecified atom stereocenters. The molecule has 7 heteroatoms. The Balaban J connectivity index is 1.50. The molecule has 0 fully saturated rings. The molecule has 1 amide bonds. The molecule has 0 spiro atoms. The zero-order valence-electron chi connectivity index (χ0n) is 17.8. The van der Waals surface area contributed by atoms with Gasteiger partial charge in [0.05, 0.1) is 10.6 Å². The molecule has 5 nitrogen and oxygen atoms in total. The molecule has 0 bridgehead atoms. The van der Waals surface area contributed by atoms with Gasteiger partial charge >= 0.3 is 0 Å². The number of sulfonamides is 1. The second kappa shape index (κ2) is 7.74. The van der Waals surface area contributed by atoms with E-state index < -0.39 is 10.0 Å². The number of carbonyl (C=O) groups excluding carboxylic acids is 1. The topological polar surface area (TPSA) is 57.7 Å². The van der Waals surface area contributed by atoms with E-state index in [1.165, 1.54) is 4.31 Å². The monoisotopic (exact) mass is 510 g/mol. The molecule has 3 aromatic carbocycles. The summed E-state index contributed by atoms with van der Waals surface area (Å²) in [6.45, 7) is 3.95. The Bertz CT molecular complexity index is 1320. The average molecular weight is 511 g/mol. The Kier molecular flexibility index (Phi) is 5.13. The van der Waals surface area contributed by atoms with Gasteiger partial charge in [0, 0.05) is 27.8 Å². The molecule has 0 aromatic heterocycles. The zero-order chi connectivity index (χ0) is 22.6. The van der Waals surface area contributed by atoms with Crippen molar-refractivity contribution in [1.82, 2.24) is 0 Å². The van der Waals surface area contributed by atoms with Crippen molar-refractivity contribution in [3.8, 4) is 0 Å². The summed E-state index contributed by atoms with van der Waals surface area (Å²) in [5, 5.41) is 0. The van der Waals surface area contributed by atoms with E-state index in [-0.39, 0.29) is 22.9 Å². The SMILES string of the molecule is CC1Cc2cc(Br)ccc2N1C(=O)c1ccc2c(c1)CC(C)N2S(=O)(=O)c1ccccc1. The molecule has 164 valence electrons. The van der Waals surface area contributed by atoms with Crippen LogP contribution in [0.3, 0.4) is 0 Å². The lowest BCUT2D eigenvalue weighted by molar-refractivity contribution is 0.0981. The van der Waals surface area contributed by atoms with Crippen molar-refractivity contribution in [2.45, 2.75) is 43.7 Å². The number of benzene rings is 3. The highest BCUT2D eigenvalue weighted by Gasteiger charge is 2.37. The third kappa shape index (κ3) is 3.35. The summed E-state index contributed by atoms with van der Waals surface area (Å²) in [5.74, 6) is -0.0570. The van der Waals surface area contributed by atoms with Gasteiger partial charge in [-0.3, -0.25) is 9.10 Å². The summed E-state index contributed by atoms with van der Waals surface area (Å²) >= 11 is 3.51. The van der Waals surface area contributed by atoms with Crippen molar-refractivity contribution in [2.24, 2.45) is 0 Å². The number of amides is 1. The minimum atomic E-state index is -3.67. The number of halogens is 1. The molecule has 3 aromatic rings. The summed E-state index contributed by atoms with van der Waals surface area (Å²) in [6, 6.07) is 19.7. The predicted molar refractivity (Wildman–Crippen MR) is 130 cm³/mol. The molecule has 0 aliphatic carbocycles. The first kappa shape index (κ1) is 21.2. The first-order chi connectivity index (χ1) is 15.3. The van der Waals surface area contributed by atoms with E-state index in [0.717, 1.165) is 27.7 Å². The van der Waals surface area contributed by atoms with E-state index in [2.05, 4.69) is 28.9 Å². The maximum absolute atomic E-state index is 13.5. The largest absolute Gasteiger partial charge is 0.305 e. The van der Waals surface area contributed by atoms with Gasteiger partial charge < -0.3 is 4.90 Å². The maximum atomic E-state index is 13.5. The van der Waals surface area contributed by atoms with Crippen LogP contribution in [0.25, 0.3) is 0 Å². The molecule has 0 saturated heterocycles. The smallest absolute Gasteiger partial charge is 0.264 e. The van der Waals surface area contributed by atoms with Crippen molar-refractivity contribution in [2.75, 3.05) is 9.21 Å². The minimum Gasteiger partial charge on any atom is -0.305 e. The highest BCUT2D eigenvalue weighted by molar-refractivity contribution is 9.10. The molecule has 2 aliphatic rings. The lowest BCUT2D eigenvalue weighted by Crippen LogP contribution is -2.36. The van der Waals surface area contributed by atoms with Gasteiger partial charge in [0.2, 0.25) is 0 Å². The summed E-state index contributed by atoms with van der Waals surface area (Å²) in [4.78, 5) is 15.6. The third-order valence-electron chi connectivity index (χ3n) is 6.26. The van der Waals surface area contributed by atoms with Gasteiger partial charge in [0.25, 0.3) is 15.9 Å². The number of hydrogen-bond donors (Lipinski definition) is 0. The summed E-state index contributed by atoms with van der Waals surface area (Å²) in [7, 11) is -3.67. The Morgan fingerprint density at radius 3 is 2.28 bits per heavy atom. The molecular formula is C25H23BrN2O3S. The second-order valence-electron chi connectivity index (χ2n) is 8.51. The number of fused-ring (bicyclic) bond motifs is 2. The van der Waals surface area contributed by atoms with Crippen LogP contribution in [0.4, 0.5) is 11.4 Å². The van der Waals surface area contributed by atoms with Gasteiger partial charge in [-0.2, -0.15) is 0 Å². The Hall–Kier alpha value is -2.64. The fourth-order valence-corrected chi connectivity index (χ4v) is 6.98. The number of nitrogens with zero attached hydrogens (tertiary/aromatic N) is 2. The van der Waals surface area contributed by atoms with Gasteiger partial charge in [0.15, 0.2) is 0 Å². The van der Waals surface area contributed by atoms with E-state index in [1.54, 1.807) is 42.5 Å². The molecular weight excluding hydrogens is 488 g/mol. The van der Waals surface area contributed by atoms with Crippen LogP contribution in [-0.4, -0.2) is 26.4 Å². The van der Waals surface area contributed by atoms with Crippen LogP contribution in [0.15, 0.2) is 76.1 Å². The van der Waals surface area contributed by atoms with Crippen LogP contribution in [0.1, 0.15) is 35.3 Å². The summed E-state index contributed by atoms with van der Waals surface area (Å²) < 4.78 is 29.1. The van der Waals surface area contributed by atoms with Gasteiger partial charge in [-0.05, 0) is 86.3 Å². The van der Waals surface area contributed by atoms with E-state index in [9.17, 15) is 13.2 Å². The number of rotatable bonds is 3. The zero-order valence-corrected chi connectivity index (χ0v) is 20.2. The standard InChI is InChI=1S/C25H23BrN2O3S/c1-16-12-20-15-21(26)9-11-23(20)27(16)25(29)18-8-10-24-19(14-18)13-17(2)28(24)32(30,31)22-6-4-3-5-7-22/h3-11,14-17H,12-13H2,1-2H3. The van der Waals surface area contributed by atoms with Crippen LogP contribution in [0.5, 0.6) is 0 Å². The van der Waals surface area contributed by atoms with E-state index in [1.807, 2.05) is 30.0 Å². The molecule has 32 heavy (non-hydrogen) atoms. The molecule has 0 radical (unpaired) electrons. The maximum Gasteiger partial charge on any atom is 0.264 e. The van der Waals surface area contributed by atoms with Gasteiger partial charge in [-0.25, -0.2) is 8.42 Å².